The van der Waals surface area contributed by atoms with Gasteiger partial charge in [-0.05, 0) is 39.3 Å². The molecule has 0 fully saturated rings. The highest BCUT2D eigenvalue weighted by atomic mass is 16.6. The van der Waals surface area contributed by atoms with E-state index in [2.05, 4.69) is 0 Å². The number of carboxylic acid groups (broad SMARTS) is 1. The van der Waals surface area contributed by atoms with E-state index in [-0.39, 0.29) is 25.1 Å². The lowest BCUT2D eigenvalue weighted by atomic mass is 10.2. The molecule has 0 atom stereocenters. The van der Waals surface area contributed by atoms with Gasteiger partial charge in [-0.3, -0.25) is 19.8 Å². The maximum Gasteiger partial charge on any atom is 0.414 e. The van der Waals surface area contributed by atoms with Crippen molar-refractivity contribution < 1.29 is 24.4 Å². The monoisotopic (exact) mass is 324 g/mol. The van der Waals surface area contributed by atoms with E-state index in [1.54, 1.807) is 20.8 Å². The molecule has 1 amide bonds. The summed E-state index contributed by atoms with van der Waals surface area (Å²) in [5.74, 6) is -0.960. The van der Waals surface area contributed by atoms with Gasteiger partial charge in [-0.2, -0.15) is 0 Å². The maximum atomic E-state index is 12.3. The predicted molar refractivity (Wildman–Crippen MR) is 83.5 cm³/mol. The molecule has 0 spiro atoms. The summed E-state index contributed by atoms with van der Waals surface area (Å²) >= 11 is 0. The minimum Gasteiger partial charge on any atom is -0.481 e. The van der Waals surface area contributed by atoms with E-state index >= 15 is 0 Å². The number of hydrogen-bond donors (Lipinski definition) is 1. The number of carbonyl (C=O) groups excluding carboxylic acids is 1. The first-order chi connectivity index (χ1) is 10.6. The number of carbonyl (C=O) groups is 2. The van der Waals surface area contributed by atoms with Gasteiger partial charge in [0.25, 0.3) is 5.69 Å². The van der Waals surface area contributed by atoms with Gasteiger partial charge in [0.15, 0.2) is 0 Å². The van der Waals surface area contributed by atoms with Gasteiger partial charge in [-0.25, -0.2) is 4.79 Å². The fourth-order valence-electron chi connectivity index (χ4n) is 1.79. The van der Waals surface area contributed by atoms with E-state index in [0.29, 0.717) is 5.69 Å². The van der Waals surface area contributed by atoms with Crippen LogP contribution >= 0.6 is 0 Å². The maximum absolute atomic E-state index is 12.3. The predicted octanol–water partition coefficient (Wildman–Crippen LogP) is 3.20. The average molecular weight is 324 g/mol. The highest BCUT2D eigenvalue weighted by Crippen LogP contribution is 2.22. The Kier molecular flexibility index (Phi) is 6.06. The number of nitrogens with zero attached hydrogens (tertiary/aromatic N) is 2. The summed E-state index contributed by atoms with van der Waals surface area (Å²) in [5, 5.41) is 19.4. The molecule has 0 heterocycles. The van der Waals surface area contributed by atoms with Gasteiger partial charge in [0.1, 0.15) is 5.60 Å². The molecule has 0 saturated carbocycles. The summed E-state index contributed by atoms with van der Waals surface area (Å²) < 4.78 is 5.30. The molecule has 126 valence electrons. The van der Waals surface area contributed by atoms with Crippen molar-refractivity contribution in [3.63, 3.8) is 0 Å². The zero-order chi connectivity index (χ0) is 17.6. The second-order valence-electron chi connectivity index (χ2n) is 5.90. The minimum atomic E-state index is -0.960. The number of ether oxygens (including phenoxy) is 1. The Morgan fingerprint density at radius 2 is 1.83 bits per heavy atom. The highest BCUT2D eigenvalue weighted by molar-refractivity contribution is 5.88. The van der Waals surface area contributed by atoms with Gasteiger partial charge in [0.05, 0.1) is 4.92 Å². The molecule has 8 heteroatoms. The van der Waals surface area contributed by atoms with Gasteiger partial charge in [-0.15, -0.1) is 0 Å². The average Bonchev–Trinajstić information content (AvgIpc) is 2.41. The molecular weight excluding hydrogens is 304 g/mol. The molecule has 0 radical (unpaired) electrons. The third-order valence-corrected chi connectivity index (χ3v) is 2.76. The summed E-state index contributed by atoms with van der Waals surface area (Å²) in [4.78, 5) is 34.3. The zero-order valence-corrected chi connectivity index (χ0v) is 13.3. The minimum absolute atomic E-state index is 0.0910. The van der Waals surface area contributed by atoms with Crippen LogP contribution in [-0.4, -0.2) is 34.2 Å². The Bertz CT molecular complexity index is 577. The van der Waals surface area contributed by atoms with Crippen molar-refractivity contribution >= 4 is 23.4 Å². The number of nitro benzene ring substituents is 1. The fourth-order valence-corrected chi connectivity index (χ4v) is 1.79. The fraction of sp³-hybridized carbons (Fsp3) is 0.467. The Balaban J connectivity index is 2.95. The topological polar surface area (TPSA) is 110 Å². The van der Waals surface area contributed by atoms with Gasteiger partial charge >= 0.3 is 12.1 Å². The zero-order valence-electron chi connectivity index (χ0n) is 13.3. The van der Waals surface area contributed by atoms with Crippen molar-refractivity contribution in [1.82, 2.24) is 0 Å². The van der Waals surface area contributed by atoms with Crippen molar-refractivity contribution in [2.24, 2.45) is 0 Å². The number of amides is 1. The van der Waals surface area contributed by atoms with E-state index in [0.717, 1.165) is 0 Å². The van der Waals surface area contributed by atoms with Gasteiger partial charge in [-0.1, -0.05) is 0 Å². The molecule has 0 unspecified atom stereocenters. The summed E-state index contributed by atoms with van der Waals surface area (Å²) in [5.41, 5.74) is -0.387. The molecule has 0 aromatic heterocycles. The second-order valence-corrected chi connectivity index (χ2v) is 5.90. The molecule has 0 aliphatic rings. The number of aliphatic carboxylic acids is 1. The van der Waals surface area contributed by atoms with E-state index in [1.165, 1.54) is 29.2 Å². The molecule has 23 heavy (non-hydrogen) atoms. The normalized spacial score (nSPS) is 10.9. The Morgan fingerprint density at radius 1 is 1.26 bits per heavy atom. The van der Waals surface area contributed by atoms with Crippen LogP contribution in [0.3, 0.4) is 0 Å². The summed E-state index contributed by atoms with van der Waals surface area (Å²) in [6.07, 6.45) is -0.477. The molecule has 0 saturated heterocycles. The number of benzene rings is 1. The quantitative estimate of drug-likeness (QED) is 0.635. The van der Waals surface area contributed by atoms with Crippen molar-refractivity contribution in [3.05, 3.63) is 34.4 Å². The highest BCUT2D eigenvalue weighted by Gasteiger charge is 2.23. The first kappa shape index (κ1) is 18.4. The number of hydrogen-bond acceptors (Lipinski definition) is 5. The van der Waals surface area contributed by atoms with Crippen molar-refractivity contribution in [1.29, 1.82) is 0 Å². The standard InChI is InChI=1S/C15H20N2O6/c1-15(2,3)23-14(20)16(10-4-5-13(18)19)11-6-8-12(9-7-11)17(21)22/h6-9H,4-5,10H2,1-3H3,(H,18,19). The largest absolute Gasteiger partial charge is 0.481 e. The van der Waals surface area contributed by atoms with Crippen LogP contribution in [0.2, 0.25) is 0 Å². The lowest BCUT2D eigenvalue weighted by molar-refractivity contribution is -0.384. The molecule has 1 aromatic carbocycles. The van der Waals surface area contributed by atoms with Crippen LogP contribution in [0.15, 0.2) is 24.3 Å². The van der Waals surface area contributed by atoms with Gasteiger partial charge < -0.3 is 9.84 Å². The van der Waals surface area contributed by atoms with Gasteiger partial charge in [0.2, 0.25) is 0 Å². The summed E-state index contributed by atoms with van der Waals surface area (Å²) in [6.45, 7) is 5.29. The molecule has 8 nitrogen and oxygen atoms in total. The second kappa shape index (κ2) is 7.57. The van der Waals surface area contributed by atoms with Crippen LogP contribution in [0.4, 0.5) is 16.2 Å². The molecule has 0 aliphatic heterocycles. The van der Waals surface area contributed by atoms with Crippen molar-refractivity contribution in [2.75, 3.05) is 11.4 Å². The van der Waals surface area contributed by atoms with Crippen LogP contribution in [0.5, 0.6) is 0 Å². The van der Waals surface area contributed by atoms with Gasteiger partial charge in [0, 0.05) is 30.8 Å². The smallest absolute Gasteiger partial charge is 0.414 e. The third-order valence-electron chi connectivity index (χ3n) is 2.76. The first-order valence-electron chi connectivity index (χ1n) is 7.07. The van der Waals surface area contributed by atoms with Crippen LogP contribution in [0.1, 0.15) is 33.6 Å². The molecule has 1 N–H and O–H groups in total. The number of anilines is 1. The third kappa shape index (κ3) is 6.33. The summed E-state index contributed by atoms with van der Waals surface area (Å²) in [7, 11) is 0. The molecule has 0 bridgehead atoms. The Labute approximate surface area is 133 Å². The molecular formula is C15H20N2O6. The first-order valence-corrected chi connectivity index (χ1v) is 7.07. The molecule has 1 aromatic rings. The number of rotatable bonds is 6. The van der Waals surface area contributed by atoms with Crippen LogP contribution < -0.4 is 4.90 Å². The van der Waals surface area contributed by atoms with Crippen LogP contribution in [-0.2, 0) is 9.53 Å². The number of non-ortho nitro benzene ring substituents is 1. The summed E-state index contributed by atoms with van der Waals surface area (Å²) in [6, 6.07) is 5.43. The lowest BCUT2D eigenvalue weighted by Gasteiger charge is -2.27. The van der Waals surface area contributed by atoms with E-state index in [4.69, 9.17) is 9.84 Å². The molecule has 0 aliphatic carbocycles. The Hall–Kier alpha value is -2.64. The van der Waals surface area contributed by atoms with E-state index in [1.807, 2.05) is 0 Å². The van der Waals surface area contributed by atoms with Crippen molar-refractivity contribution in [3.8, 4) is 0 Å². The Morgan fingerprint density at radius 3 is 2.26 bits per heavy atom. The van der Waals surface area contributed by atoms with Crippen LogP contribution in [0, 0.1) is 10.1 Å². The van der Waals surface area contributed by atoms with E-state index in [9.17, 15) is 19.7 Å². The number of carboxylic acids is 1. The van der Waals surface area contributed by atoms with Crippen LogP contribution in [0.25, 0.3) is 0 Å². The van der Waals surface area contributed by atoms with E-state index < -0.39 is 22.6 Å². The molecule has 1 rings (SSSR count). The van der Waals surface area contributed by atoms with Crippen molar-refractivity contribution in [2.45, 2.75) is 39.2 Å². The lowest BCUT2D eigenvalue weighted by Crippen LogP contribution is -2.37. The number of nitro groups is 1. The SMILES string of the molecule is CC(C)(C)OC(=O)N(CCCC(=O)O)c1ccc([N+](=O)[O-])cc1.